The predicted octanol–water partition coefficient (Wildman–Crippen LogP) is 6.13. The molecule has 0 radical (unpaired) electrons. The van der Waals surface area contributed by atoms with Gasteiger partial charge in [0.15, 0.2) is 5.72 Å². The highest BCUT2D eigenvalue weighted by Crippen LogP contribution is 2.51. The number of benzene rings is 1. The lowest BCUT2D eigenvalue weighted by Gasteiger charge is -2.40. The summed E-state index contributed by atoms with van der Waals surface area (Å²) >= 11 is 1.44. The molecule has 2 heterocycles. The normalized spacial score (nSPS) is 22.2. The Labute approximate surface area is 217 Å². The number of carboxylic acid groups (broad SMARTS) is 1. The van der Waals surface area contributed by atoms with Crippen molar-refractivity contribution in [1.82, 2.24) is 9.88 Å². The van der Waals surface area contributed by atoms with Crippen LogP contribution in [-0.2, 0) is 14.9 Å². The van der Waals surface area contributed by atoms with E-state index in [9.17, 15) is 14.7 Å². The van der Waals surface area contributed by atoms with Gasteiger partial charge in [-0.15, -0.1) is 11.3 Å². The minimum atomic E-state index is -1.41. The first-order chi connectivity index (χ1) is 16.9. The van der Waals surface area contributed by atoms with Gasteiger partial charge in [0.2, 0.25) is 0 Å². The molecule has 2 aromatic rings. The van der Waals surface area contributed by atoms with E-state index in [0.717, 1.165) is 10.6 Å². The highest BCUT2D eigenvalue weighted by molar-refractivity contribution is 7.09. The summed E-state index contributed by atoms with van der Waals surface area (Å²) < 4.78 is 17.1. The van der Waals surface area contributed by atoms with Crippen molar-refractivity contribution in [3.63, 3.8) is 0 Å². The Hall–Kier alpha value is -2.65. The van der Waals surface area contributed by atoms with Crippen LogP contribution in [0.3, 0.4) is 0 Å². The molecule has 1 aliphatic rings. The number of amides is 1. The maximum atomic E-state index is 14.3. The first kappa shape index (κ1) is 27.9. The summed E-state index contributed by atoms with van der Waals surface area (Å²) in [5.74, 6) is 0.168. The molecule has 1 aromatic heterocycles. The van der Waals surface area contributed by atoms with Crippen molar-refractivity contribution < 1.29 is 28.9 Å². The molecule has 0 unspecified atom stereocenters. The molecule has 0 aliphatic carbocycles. The average Bonchev–Trinajstić information content (AvgIpc) is 3.41. The number of methoxy groups -OCH3 is 1. The lowest BCUT2D eigenvalue weighted by Crippen LogP contribution is -2.52. The van der Waals surface area contributed by atoms with Gasteiger partial charge >= 0.3 is 6.16 Å². The second kappa shape index (κ2) is 11.2. The summed E-state index contributed by atoms with van der Waals surface area (Å²) in [5.41, 5.74) is -0.157. The van der Waals surface area contributed by atoms with E-state index in [1.165, 1.54) is 11.3 Å². The number of aromatic nitrogens is 1. The van der Waals surface area contributed by atoms with Crippen molar-refractivity contribution in [2.24, 2.45) is 11.8 Å². The Kier molecular flexibility index (Phi) is 8.67. The molecule has 0 saturated carbocycles. The number of likely N-dealkylation sites (tertiary alicyclic amines) is 1. The summed E-state index contributed by atoms with van der Waals surface area (Å²) in [6, 6.07) is 4.93. The smallest absolute Gasteiger partial charge is 0.496 e. The Morgan fingerprint density at radius 3 is 2.56 bits per heavy atom. The van der Waals surface area contributed by atoms with Gasteiger partial charge in [-0.1, -0.05) is 40.7 Å². The molecule has 1 aliphatic heterocycles. The molecule has 36 heavy (non-hydrogen) atoms. The molecule has 3 rings (SSSR count). The Balaban J connectivity index is 2.19. The molecular formula is C27H38N2O6S. The summed E-state index contributed by atoms with van der Waals surface area (Å²) in [7, 11) is 1.59. The molecule has 8 nitrogen and oxygen atoms in total. The number of rotatable bonds is 9. The van der Waals surface area contributed by atoms with Crippen LogP contribution in [0.15, 0.2) is 29.8 Å². The molecule has 1 amide bonds. The fraction of sp³-hybridized carbons (Fsp3) is 0.593. The van der Waals surface area contributed by atoms with E-state index in [1.54, 1.807) is 30.3 Å². The monoisotopic (exact) mass is 518 g/mol. The van der Waals surface area contributed by atoms with E-state index in [0.29, 0.717) is 37.4 Å². The van der Waals surface area contributed by atoms with Gasteiger partial charge in [-0.2, -0.15) is 0 Å². The first-order valence-corrected chi connectivity index (χ1v) is 13.2. The highest BCUT2D eigenvalue weighted by Gasteiger charge is 2.58. The van der Waals surface area contributed by atoms with Crippen molar-refractivity contribution in [2.75, 3.05) is 20.3 Å². The number of nitrogens with zero attached hydrogens (tertiary/aromatic N) is 2. The van der Waals surface area contributed by atoms with Gasteiger partial charge in [0.05, 0.1) is 19.8 Å². The summed E-state index contributed by atoms with van der Waals surface area (Å²) in [6.45, 7) is 13.0. The summed E-state index contributed by atoms with van der Waals surface area (Å²) in [6.07, 6.45) is 0.962. The number of ether oxygens (including phenoxy) is 3. The molecule has 0 bridgehead atoms. The van der Waals surface area contributed by atoms with Gasteiger partial charge < -0.3 is 19.3 Å². The van der Waals surface area contributed by atoms with Gasteiger partial charge in [-0.05, 0) is 36.0 Å². The van der Waals surface area contributed by atoms with E-state index in [-0.39, 0.29) is 23.2 Å². The molecule has 1 saturated heterocycles. The van der Waals surface area contributed by atoms with E-state index in [4.69, 9.17) is 14.2 Å². The van der Waals surface area contributed by atoms with Crippen LogP contribution in [0.2, 0.25) is 0 Å². The van der Waals surface area contributed by atoms with Crippen molar-refractivity contribution >= 4 is 23.4 Å². The van der Waals surface area contributed by atoms with Crippen LogP contribution < -0.4 is 4.74 Å². The molecule has 9 heteroatoms. The number of carbonyl (C=O) groups excluding carboxylic acids is 1. The van der Waals surface area contributed by atoms with Crippen LogP contribution in [-0.4, -0.2) is 53.1 Å². The van der Waals surface area contributed by atoms with Gasteiger partial charge in [0.25, 0.3) is 5.91 Å². The van der Waals surface area contributed by atoms with Crippen molar-refractivity contribution in [3.8, 4) is 5.75 Å². The van der Waals surface area contributed by atoms with Gasteiger partial charge in [-0.3, -0.25) is 9.69 Å². The van der Waals surface area contributed by atoms with Crippen LogP contribution in [0.1, 0.15) is 81.4 Å². The number of thiazole rings is 1. The zero-order chi connectivity index (χ0) is 26.7. The van der Waals surface area contributed by atoms with Gasteiger partial charge in [-0.25, -0.2) is 9.78 Å². The Morgan fingerprint density at radius 2 is 2.03 bits per heavy atom. The van der Waals surface area contributed by atoms with Gasteiger partial charge in [0.1, 0.15) is 10.8 Å². The van der Waals surface area contributed by atoms with Crippen LogP contribution in [0.5, 0.6) is 5.75 Å². The summed E-state index contributed by atoms with van der Waals surface area (Å²) in [5, 5.41) is 12.4. The number of hydrogen-bond acceptors (Lipinski definition) is 7. The quantitative estimate of drug-likeness (QED) is 0.399. The van der Waals surface area contributed by atoms with E-state index in [2.05, 4.69) is 25.8 Å². The van der Waals surface area contributed by atoms with Crippen LogP contribution >= 0.6 is 11.3 Å². The zero-order valence-corrected chi connectivity index (χ0v) is 23.1. The third kappa shape index (κ3) is 5.83. The van der Waals surface area contributed by atoms with E-state index in [1.807, 2.05) is 32.2 Å². The third-order valence-electron chi connectivity index (χ3n) is 6.47. The van der Waals surface area contributed by atoms with E-state index >= 15 is 0 Å². The number of hydrogen-bond donors (Lipinski definition) is 1. The van der Waals surface area contributed by atoms with Crippen molar-refractivity contribution in [2.45, 2.75) is 71.6 Å². The van der Waals surface area contributed by atoms with E-state index < -0.39 is 17.9 Å². The largest absolute Gasteiger partial charge is 0.507 e. The second-order valence-electron chi connectivity index (χ2n) is 10.7. The molecule has 3 atom stereocenters. The minimum absolute atomic E-state index is 0.0697. The van der Waals surface area contributed by atoms with Crippen molar-refractivity contribution in [1.29, 1.82) is 0 Å². The zero-order valence-electron chi connectivity index (χ0n) is 22.2. The minimum Gasteiger partial charge on any atom is -0.496 e. The maximum absolute atomic E-state index is 14.3. The maximum Gasteiger partial charge on any atom is 0.507 e. The first-order valence-electron chi connectivity index (χ1n) is 12.3. The number of carbonyl (C=O) groups is 2. The van der Waals surface area contributed by atoms with Gasteiger partial charge in [0, 0.05) is 42.5 Å². The third-order valence-corrected chi connectivity index (χ3v) is 7.31. The lowest BCUT2D eigenvalue weighted by molar-refractivity contribution is -0.108. The van der Waals surface area contributed by atoms with Crippen LogP contribution in [0.25, 0.3) is 0 Å². The van der Waals surface area contributed by atoms with Crippen LogP contribution in [0, 0.1) is 11.8 Å². The fourth-order valence-corrected chi connectivity index (χ4v) is 6.02. The molecular weight excluding hydrogens is 480 g/mol. The predicted molar refractivity (Wildman–Crippen MR) is 139 cm³/mol. The molecule has 1 fully saturated rings. The lowest BCUT2D eigenvalue weighted by atomic mass is 9.85. The molecule has 198 valence electrons. The average molecular weight is 519 g/mol. The van der Waals surface area contributed by atoms with Crippen molar-refractivity contribution in [3.05, 3.63) is 45.9 Å². The standard InChI is InChI=1S/C27H38N2O6S/c1-8-34-16-19-15-27(14-17(2)3,35-25(31)32)29(22(19)23-28-11-12-36-23)24(30)18-9-10-20(26(4,5)6)21(13-18)33-7/h9-13,17,19,22H,8,14-16H2,1-7H3,(H,31,32)/t19-,22-,27+/m1/s1. The Morgan fingerprint density at radius 1 is 1.31 bits per heavy atom. The second-order valence-corrected chi connectivity index (χ2v) is 11.6. The SMILES string of the molecule is CCOC[C@H]1C[C@](CC(C)C)(OC(=O)O)N(C(=O)c2ccc(C(C)(C)C)c(OC)c2)[C@H]1c1nccs1. The molecule has 1 aromatic carbocycles. The molecule has 1 N–H and O–H groups in total. The van der Waals surface area contributed by atoms with Crippen LogP contribution in [0.4, 0.5) is 4.79 Å². The highest BCUT2D eigenvalue weighted by atomic mass is 32.1. The summed E-state index contributed by atoms with van der Waals surface area (Å²) in [4.78, 5) is 32.4. The fourth-order valence-electron chi connectivity index (χ4n) is 5.20. The Bertz CT molecular complexity index is 1050. The topological polar surface area (TPSA) is 98.2 Å². The molecule has 0 spiro atoms.